The fourth-order valence-corrected chi connectivity index (χ4v) is 0.479. The Morgan fingerprint density at radius 2 is 2.44 bits per heavy atom. The molecule has 9 heavy (non-hydrogen) atoms. The summed E-state index contributed by atoms with van der Waals surface area (Å²) in [5.74, 6) is 0.262. The predicted octanol–water partition coefficient (Wildman–Crippen LogP) is -0.239. The quantitative estimate of drug-likeness (QED) is 0.454. The number of nitrogens with zero attached hydrogens (tertiary/aromatic N) is 2. The molecule has 0 aliphatic carbocycles. The summed E-state index contributed by atoms with van der Waals surface area (Å²) in [5.41, 5.74) is 5.20. The molecular weight excluding hydrogens is 118 g/mol. The van der Waals surface area contributed by atoms with Crippen LogP contribution in [0.1, 0.15) is 0 Å². The molecule has 4 nitrogen and oxygen atoms in total. The summed E-state index contributed by atoms with van der Waals surface area (Å²) >= 11 is 0. The third kappa shape index (κ3) is 1.14. The standard InChI is InChI=1S/C5H7N3O/c1-8-3-2-4(6)7-5(8)9/h2-3H,1H3,(H2,6,7,9)/q+1. The van der Waals surface area contributed by atoms with Crippen LogP contribution < -0.4 is 10.6 Å². The van der Waals surface area contributed by atoms with Crippen molar-refractivity contribution < 1.29 is 4.79 Å². The molecule has 1 radical (unpaired) electrons. The second-order valence-electron chi connectivity index (χ2n) is 1.75. The van der Waals surface area contributed by atoms with Crippen molar-refractivity contribution in [3.63, 3.8) is 0 Å². The van der Waals surface area contributed by atoms with E-state index in [0.717, 1.165) is 0 Å². The Hall–Kier alpha value is -1.16. The topological polar surface area (TPSA) is 61.4 Å². The van der Waals surface area contributed by atoms with Gasteiger partial charge in [0.1, 0.15) is 12.9 Å². The van der Waals surface area contributed by atoms with Crippen LogP contribution >= 0.6 is 0 Å². The molecule has 0 spiro atoms. The van der Waals surface area contributed by atoms with Crippen LogP contribution in [-0.4, -0.2) is 18.9 Å². The van der Waals surface area contributed by atoms with Gasteiger partial charge in [0, 0.05) is 6.08 Å². The van der Waals surface area contributed by atoms with E-state index in [1.807, 2.05) is 0 Å². The van der Waals surface area contributed by atoms with E-state index < -0.39 is 0 Å². The maximum atomic E-state index is 10.6. The van der Waals surface area contributed by atoms with Gasteiger partial charge in [-0.1, -0.05) is 4.90 Å². The van der Waals surface area contributed by atoms with Crippen molar-refractivity contribution in [1.29, 1.82) is 0 Å². The second-order valence-corrected chi connectivity index (χ2v) is 1.75. The highest BCUT2D eigenvalue weighted by atomic mass is 16.2. The van der Waals surface area contributed by atoms with E-state index in [1.165, 1.54) is 4.90 Å². The average molecular weight is 125 g/mol. The first-order chi connectivity index (χ1) is 4.20. The number of rotatable bonds is 0. The van der Waals surface area contributed by atoms with Crippen LogP contribution in [0.2, 0.25) is 0 Å². The van der Waals surface area contributed by atoms with Gasteiger partial charge in [0.25, 0.3) is 0 Å². The Morgan fingerprint density at radius 3 is 2.89 bits per heavy atom. The molecule has 0 bridgehead atoms. The number of hydrogen-bond donors (Lipinski definition) is 1. The number of hydrogen-bond acceptors (Lipinski definition) is 2. The molecule has 47 valence electrons. The van der Waals surface area contributed by atoms with Crippen LogP contribution in [0.5, 0.6) is 0 Å². The third-order valence-corrected chi connectivity index (χ3v) is 0.995. The van der Waals surface area contributed by atoms with Gasteiger partial charge in [-0.05, 0) is 0 Å². The Bertz CT molecular complexity index is 194. The number of carbonyl (C=O) groups excluding carboxylic acids is 1. The van der Waals surface area contributed by atoms with Gasteiger partial charge in [-0.15, -0.1) is 4.99 Å². The zero-order valence-corrected chi connectivity index (χ0v) is 5.03. The molecule has 0 saturated carbocycles. The lowest BCUT2D eigenvalue weighted by Crippen LogP contribution is -2.30. The number of aliphatic imine (C=N–C) groups is 1. The van der Waals surface area contributed by atoms with Gasteiger partial charge < -0.3 is 5.73 Å². The number of urea groups is 1. The third-order valence-electron chi connectivity index (χ3n) is 0.995. The van der Waals surface area contributed by atoms with Crippen LogP contribution in [-0.2, 0) is 0 Å². The molecule has 2 N–H and O–H groups in total. The SMILES string of the molecule is C[N+]1C=CC(N)=NC1=O. The Balaban J connectivity index is 2.82. The van der Waals surface area contributed by atoms with E-state index >= 15 is 0 Å². The summed E-state index contributed by atoms with van der Waals surface area (Å²) in [6.45, 7) is 0. The number of nitrogens with two attached hydrogens (primary N) is 1. The first kappa shape index (κ1) is 5.97. The highest BCUT2D eigenvalue weighted by molar-refractivity contribution is 6.02. The second kappa shape index (κ2) is 1.99. The molecule has 1 aliphatic heterocycles. The maximum Gasteiger partial charge on any atom is 0.497 e. The van der Waals surface area contributed by atoms with E-state index in [9.17, 15) is 4.79 Å². The number of amides is 2. The molecule has 1 rings (SSSR count). The summed E-state index contributed by atoms with van der Waals surface area (Å²) < 4.78 is 0. The first-order valence-corrected chi connectivity index (χ1v) is 2.49. The predicted molar refractivity (Wildman–Crippen MR) is 34.2 cm³/mol. The average Bonchev–Trinajstić information content (AvgIpc) is 1.80. The molecule has 0 aromatic rings. The van der Waals surface area contributed by atoms with Gasteiger partial charge in [0.15, 0.2) is 6.20 Å². The van der Waals surface area contributed by atoms with Gasteiger partial charge in [0.2, 0.25) is 0 Å². The van der Waals surface area contributed by atoms with E-state index in [1.54, 1.807) is 19.3 Å². The minimum atomic E-state index is -0.324. The van der Waals surface area contributed by atoms with Crippen LogP contribution in [0, 0.1) is 0 Å². The summed E-state index contributed by atoms with van der Waals surface area (Å²) in [6, 6.07) is -0.324. The molecule has 4 heteroatoms. The minimum Gasteiger partial charge on any atom is -0.383 e. The van der Waals surface area contributed by atoms with E-state index in [0.29, 0.717) is 0 Å². The maximum absolute atomic E-state index is 10.6. The number of carbonyl (C=O) groups is 1. The largest absolute Gasteiger partial charge is 0.497 e. The van der Waals surface area contributed by atoms with Crippen molar-refractivity contribution >= 4 is 11.9 Å². The summed E-state index contributed by atoms with van der Waals surface area (Å²) in [5, 5.41) is 0. The molecule has 0 aromatic heterocycles. The molecule has 0 saturated heterocycles. The molecule has 1 aliphatic rings. The van der Waals surface area contributed by atoms with Crippen LogP contribution in [0.3, 0.4) is 0 Å². The lowest BCUT2D eigenvalue weighted by atomic mass is 10.5. The fourth-order valence-electron chi connectivity index (χ4n) is 0.479. The Kier molecular flexibility index (Phi) is 1.32. The van der Waals surface area contributed by atoms with Crippen molar-refractivity contribution in [2.45, 2.75) is 0 Å². The van der Waals surface area contributed by atoms with E-state index in [2.05, 4.69) is 4.99 Å². The van der Waals surface area contributed by atoms with Crippen LogP contribution in [0.4, 0.5) is 4.79 Å². The molecule has 0 atom stereocenters. The van der Waals surface area contributed by atoms with Crippen molar-refractivity contribution in [2.75, 3.05) is 7.05 Å². The van der Waals surface area contributed by atoms with Crippen molar-refractivity contribution in [3.8, 4) is 0 Å². The summed E-state index contributed by atoms with van der Waals surface area (Å²) in [4.78, 5) is 15.4. The van der Waals surface area contributed by atoms with Gasteiger partial charge in [0.05, 0.1) is 0 Å². The zero-order chi connectivity index (χ0) is 6.85. The molecule has 0 unspecified atom stereocenters. The molecule has 1 heterocycles. The monoisotopic (exact) mass is 125 g/mol. The van der Waals surface area contributed by atoms with E-state index in [-0.39, 0.29) is 11.9 Å². The summed E-state index contributed by atoms with van der Waals surface area (Å²) in [6.07, 6.45) is 3.14. The van der Waals surface area contributed by atoms with Crippen molar-refractivity contribution in [1.82, 2.24) is 4.90 Å². The van der Waals surface area contributed by atoms with Gasteiger partial charge in [-0.25, -0.2) is 0 Å². The van der Waals surface area contributed by atoms with Crippen LogP contribution in [0.25, 0.3) is 0 Å². The van der Waals surface area contributed by atoms with Crippen molar-refractivity contribution in [3.05, 3.63) is 12.3 Å². The zero-order valence-electron chi connectivity index (χ0n) is 5.03. The Labute approximate surface area is 52.7 Å². The molecule has 2 amide bonds. The van der Waals surface area contributed by atoms with Crippen LogP contribution in [0.15, 0.2) is 17.3 Å². The fraction of sp³-hybridized carbons (Fsp3) is 0.200. The highest BCUT2D eigenvalue weighted by Crippen LogP contribution is 1.92. The number of amidine groups is 1. The lowest BCUT2D eigenvalue weighted by Gasteiger charge is -1.97. The first-order valence-electron chi connectivity index (χ1n) is 2.49. The van der Waals surface area contributed by atoms with Gasteiger partial charge in [-0.3, -0.25) is 0 Å². The summed E-state index contributed by atoms with van der Waals surface area (Å²) in [7, 11) is 1.62. The Morgan fingerprint density at radius 1 is 1.78 bits per heavy atom. The minimum absolute atomic E-state index is 0.262. The van der Waals surface area contributed by atoms with E-state index in [4.69, 9.17) is 5.73 Å². The highest BCUT2D eigenvalue weighted by Gasteiger charge is 2.20. The normalized spacial score (nSPS) is 20.1. The smallest absolute Gasteiger partial charge is 0.383 e. The lowest BCUT2D eigenvalue weighted by molar-refractivity contribution is 0.243. The molecular formula is C5H7N3O+. The van der Waals surface area contributed by atoms with Gasteiger partial charge >= 0.3 is 6.03 Å². The molecule has 0 fully saturated rings. The van der Waals surface area contributed by atoms with Crippen molar-refractivity contribution in [2.24, 2.45) is 10.7 Å². The molecule has 0 aromatic carbocycles. The van der Waals surface area contributed by atoms with Gasteiger partial charge in [-0.2, -0.15) is 4.79 Å².